The molecule has 0 saturated carbocycles. The van der Waals surface area contributed by atoms with E-state index in [0.717, 1.165) is 0 Å². The molecule has 1 rings (SSSR count). The summed E-state index contributed by atoms with van der Waals surface area (Å²) >= 11 is 0. The Morgan fingerprint density at radius 2 is 2.00 bits per heavy atom. The summed E-state index contributed by atoms with van der Waals surface area (Å²) in [5.41, 5.74) is 5.96. The van der Waals surface area contributed by atoms with Gasteiger partial charge in [0.2, 0.25) is 11.8 Å². The van der Waals surface area contributed by atoms with Crippen molar-refractivity contribution in [1.82, 2.24) is 4.98 Å². The Labute approximate surface area is 103 Å². The summed E-state index contributed by atoms with van der Waals surface area (Å²) < 4.78 is 45.9. The van der Waals surface area contributed by atoms with E-state index in [1.165, 1.54) is 12.1 Å². The minimum absolute atomic E-state index is 0.0536. The van der Waals surface area contributed by atoms with E-state index in [0.29, 0.717) is 12.3 Å². The van der Waals surface area contributed by atoms with Gasteiger partial charge < -0.3 is 15.2 Å². The average Bonchev–Trinajstić information content (AvgIpc) is 2.28. The van der Waals surface area contributed by atoms with Crippen molar-refractivity contribution in [2.24, 2.45) is 0 Å². The number of aromatic nitrogens is 1. The smallest absolute Gasteiger partial charge is 0.389 e. The highest BCUT2D eigenvalue weighted by atomic mass is 19.4. The number of halogens is 3. The molecule has 0 aliphatic heterocycles. The van der Waals surface area contributed by atoms with Crippen molar-refractivity contribution in [3.63, 3.8) is 0 Å². The fraction of sp³-hybridized carbons (Fsp3) is 0.545. The number of rotatable bonds is 6. The molecule has 1 heterocycles. The minimum Gasteiger partial charge on any atom is -0.478 e. The highest BCUT2D eigenvalue weighted by Gasteiger charge is 2.26. The Morgan fingerprint density at radius 1 is 1.28 bits per heavy atom. The zero-order chi connectivity index (χ0) is 13.6. The van der Waals surface area contributed by atoms with Gasteiger partial charge in [0.15, 0.2) is 0 Å². The molecular weight excluding hydrogens is 249 g/mol. The van der Waals surface area contributed by atoms with Gasteiger partial charge in [-0.15, -0.1) is 0 Å². The predicted octanol–water partition coefficient (Wildman–Crippen LogP) is 2.78. The quantitative estimate of drug-likeness (QED) is 0.803. The molecule has 102 valence electrons. The molecule has 0 spiro atoms. The van der Waals surface area contributed by atoms with Crippen molar-refractivity contribution in [3.05, 3.63) is 12.1 Å². The summed E-state index contributed by atoms with van der Waals surface area (Å²) in [5.74, 6) is 0.431. The largest absolute Gasteiger partial charge is 0.478 e. The van der Waals surface area contributed by atoms with E-state index in [1.54, 1.807) is 6.92 Å². The Hall–Kier alpha value is -1.66. The van der Waals surface area contributed by atoms with Crippen LogP contribution in [0.15, 0.2) is 12.1 Å². The van der Waals surface area contributed by atoms with Gasteiger partial charge in [0, 0.05) is 12.5 Å². The summed E-state index contributed by atoms with van der Waals surface area (Å²) in [6.45, 7) is 2.12. The Bertz CT molecular complexity index is 383. The molecule has 1 aromatic heterocycles. The number of hydrogen-bond donors (Lipinski definition) is 1. The van der Waals surface area contributed by atoms with Crippen LogP contribution in [0.1, 0.15) is 19.8 Å². The average molecular weight is 264 g/mol. The first kappa shape index (κ1) is 14.4. The lowest BCUT2D eigenvalue weighted by atomic mass is 10.3. The molecule has 0 bridgehead atoms. The third-order valence-corrected chi connectivity index (χ3v) is 2.00. The first-order valence-corrected chi connectivity index (χ1v) is 5.51. The molecule has 0 aromatic carbocycles. The summed E-state index contributed by atoms with van der Waals surface area (Å²) in [6.07, 6.45) is -5.14. The highest BCUT2D eigenvalue weighted by molar-refractivity contribution is 5.49. The lowest BCUT2D eigenvalue weighted by Crippen LogP contribution is -2.10. The molecule has 2 N–H and O–H groups in total. The molecule has 4 nitrogen and oxygen atoms in total. The maximum Gasteiger partial charge on any atom is 0.389 e. The standard InChI is InChI=1S/C11H15F3N2O2/c1-2-17-10-8(15)4-5-9(16-10)18-7-3-6-11(12,13)14/h4-5H,2-3,6-7,15H2,1H3. The van der Waals surface area contributed by atoms with Crippen LogP contribution < -0.4 is 15.2 Å². The molecule has 18 heavy (non-hydrogen) atoms. The van der Waals surface area contributed by atoms with Crippen molar-refractivity contribution in [2.75, 3.05) is 18.9 Å². The van der Waals surface area contributed by atoms with Crippen LogP contribution in [0.2, 0.25) is 0 Å². The first-order valence-electron chi connectivity index (χ1n) is 5.51. The molecule has 0 unspecified atom stereocenters. The van der Waals surface area contributed by atoms with Crippen molar-refractivity contribution in [1.29, 1.82) is 0 Å². The van der Waals surface area contributed by atoms with E-state index in [9.17, 15) is 13.2 Å². The fourth-order valence-corrected chi connectivity index (χ4v) is 1.22. The molecule has 0 atom stereocenters. The number of alkyl halides is 3. The van der Waals surface area contributed by atoms with Crippen molar-refractivity contribution in [3.8, 4) is 11.8 Å². The number of ether oxygens (including phenoxy) is 2. The van der Waals surface area contributed by atoms with Gasteiger partial charge in [-0.25, -0.2) is 0 Å². The summed E-state index contributed by atoms with van der Waals surface area (Å²) in [6, 6.07) is 3.03. The lowest BCUT2D eigenvalue weighted by molar-refractivity contribution is -0.136. The van der Waals surface area contributed by atoms with Gasteiger partial charge in [-0.1, -0.05) is 0 Å². The van der Waals surface area contributed by atoms with Crippen LogP contribution >= 0.6 is 0 Å². The molecule has 7 heteroatoms. The zero-order valence-corrected chi connectivity index (χ0v) is 9.96. The Balaban J connectivity index is 2.45. The van der Waals surface area contributed by atoms with Crippen molar-refractivity contribution >= 4 is 5.69 Å². The van der Waals surface area contributed by atoms with Crippen LogP contribution in [0, 0.1) is 0 Å². The van der Waals surface area contributed by atoms with Crippen LogP contribution in [0.3, 0.4) is 0 Å². The second-order valence-electron chi connectivity index (χ2n) is 3.54. The van der Waals surface area contributed by atoms with Crippen LogP contribution in [0.5, 0.6) is 11.8 Å². The molecule has 0 aliphatic carbocycles. The van der Waals surface area contributed by atoms with Gasteiger partial charge in [0.05, 0.1) is 18.9 Å². The summed E-state index contributed by atoms with van der Waals surface area (Å²) in [5, 5.41) is 0. The van der Waals surface area contributed by atoms with Gasteiger partial charge in [-0.05, 0) is 19.4 Å². The second kappa shape index (κ2) is 6.32. The zero-order valence-electron chi connectivity index (χ0n) is 9.96. The van der Waals surface area contributed by atoms with Gasteiger partial charge in [0.25, 0.3) is 0 Å². The Morgan fingerprint density at radius 3 is 2.61 bits per heavy atom. The van der Waals surface area contributed by atoms with Gasteiger partial charge in [0.1, 0.15) is 0 Å². The van der Waals surface area contributed by atoms with E-state index in [-0.39, 0.29) is 24.8 Å². The molecular formula is C11H15F3N2O2. The van der Waals surface area contributed by atoms with Crippen LogP contribution in [-0.2, 0) is 0 Å². The second-order valence-corrected chi connectivity index (χ2v) is 3.54. The number of nitrogen functional groups attached to an aromatic ring is 1. The SMILES string of the molecule is CCOc1nc(OCCCC(F)(F)F)ccc1N. The molecule has 0 fully saturated rings. The van der Waals surface area contributed by atoms with E-state index in [4.69, 9.17) is 15.2 Å². The van der Waals surface area contributed by atoms with E-state index in [2.05, 4.69) is 4.98 Å². The Kier molecular flexibility index (Phi) is 5.06. The first-order chi connectivity index (χ1) is 8.42. The number of pyridine rings is 1. The lowest BCUT2D eigenvalue weighted by Gasteiger charge is -2.10. The van der Waals surface area contributed by atoms with Crippen LogP contribution in [0.4, 0.5) is 18.9 Å². The maximum absolute atomic E-state index is 11.9. The summed E-state index contributed by atoms with van der Waals surface area (Å²) in [7, 11) is 0. The van der Waals surface area contributed by atoms with E-state index >= 15 is 0 Å². The number of nitrogens with two attached hydrogens (primary N) is 1. The minimum atomic E-state index is -4.16. The highest BCUT2D eigenvalue weighted by Crippen LogP contribution is 2.23. The molecule has 0 amide bonds. The molecule has 0 radical (unpaired) electrons. The molecule has 1 aromatic rings. The molecule has 0 saturated heterocycles. The van der Waals surface area contributed by atoms with E-state index < -0.39 is 12.6 Å². The predicted molar refractivity (Wildman–Crippen MR) is 60.6 cm³/mol. The number of hydrogen-bond acceptors (Lipinski definition) is 4. The third-order valence-electron chi connectivity index (χ3n) is 2.00. The van der Waals surface area contributed by atoms with E-state index in [1.807, 2.05) is 0 Å². The van der Waals surface area contributed by atoms with Crippen LogP contribution in [0.25, 0.3) is 0 Å². The number of nitrogens with zero attached hydrogens (tertiary/aromatic N) is 1. The van der Waals surface area contributed by atoms with Crippen molar-refractivity contribution < 1.29 is 22.6 Å². The number of anilines is 1. The monoisotopic (exact) mass is 264 g/mol. The van der Waals surface area contributed by atoms with Crippen molar-refractivity contribution in [2.45, 2.75) is 25.9 Å². The topological polar surface area (TPSA) is 57.4 Å². The van der Waals surface area contributed by atoms with Gasteiger partial charge >= 0.3 is 6.18 Å². The van der Waals surface area contributed by atoms with Gasteiger partial charge in [-0.3, -0.25) is 0 Å². The summed E-state index contributed by atoms with van der Waals surface area (Å²) in [4.78, 5) is 3.95. The fourth-order valence-electron chi connectivity index (χ4n) is 1.22. The normalized spacial score (nSPS) is 11.3. The maximum atomic E-state index is 11.9. The third kappa shape index (κ3) is 5.11. The van der Waals surface area contributed by atoms with Crippen LogP contribution in [-0.4, -0.2) is 24.4 Å². The molecule has 0 aliphatic rings. The van der Waals surface area contributed by atoms with Gasteiger partial charge in [-0.2, -0.15) is 18.2 Å².